The van der Waals surface area contributed by atoms with Gasteiger partial charge in [0.25, 0.3) is 5.91 Å². The second-order valence-electron chi connectivity index (χ2n) is 5.07. The van der Waals surface area contributed by atoms with Crippen LogP contribution in [0.15, 0.2) is 0 Å². The fourth-order valence-electron chi connectivity index (χ4n) is 2.38. The highest BCUT2D eigenvalue weighted by molar-refractivity contribution is 5.90. The van der Waals surface area contributed by atoms with Crippen LogP contribution < -0.4 is 5.32 Å². The Morgan fingerprint density at radius 2 is 2.11 bits per heavy atom. The number of nitrogens with one attached hydrogen (secondary N) is 1. The molecule has 5 nitrogen and oxygen atoms in total. The first-order valence-electron chi connectivity index (χ1n) is 6.86. The van der Waals surface area contributed by atoms with Gasteiger partial charge in [-0.3, -0.25) is 9.59 Å². The van der Waals surface area contributed by atoms with E-state index in [1.165, 1.54) is 0 Å². The zero-order valence-corrected chi connectivity index (χ0v) is 11.1. The van der Waals surface area contributed by atoms with Crippen molar-refractivity contribution in [2.45, 2.75) is 57.7 Å². The third-order valence-corrected chi connectivity index (χ3v) is 3.53. The summed E-state index contributed by atoms with van der Waals surface area (Å²) in [5.74, 6) is -0.0580. The van der Waals surface area contributed by atoms with Crippen molar-refractivity contribution in [3.8, 4) is 0 Å². The van der Waals surface area contributed by atoms with E-state index >= 15 is 0 Å². The van der Waals surface area contributed by atoms with Gasteiger partial charge in [-0.2, -0.15) is 0 Å². The molecular weight excluding hydrogens is 232 g/mol. The Bertz CT molecular complexity index is 328. The van der Waals surface area contributed by atoms with Crippen molar-refractivity contribution in [3.05, 3.63) is 0 Å². The van der Waals surface area contributed by atoms with Crippen LogP contribution in [0.5, 0.6) is 0 Å². The number of carbonyl (C=O) groups is 2. The quantitative estimate of drug-likeness (QED) is 0.785. The van der Waals surface area contributed by atoms with E-state index in [0.29, 0.717) is 19.2 Å². The fourth-order valence-corrected chi connectivity index (χ4v) is 2.38. The third-order valence-electron chi connectivity index (χ3n) is 3.53. The summed E-state index contributed by atoms with van der Waals surface area (Å²) in [5, 5.41) is 2.98. The minimum atomic E-state index is -0.454. The Morgan fingerprint density at radius 3 is 2.72 bits per heavy atom. The molecule has 0 radical (unpaired) electrons. The minimum Gasteiger partial charge on any atom is -0.369 e. The first kappa shape index (κ1) is 13.3. The summed E-state index contributed by atoms with van der Waals surface area (Å²) < 4.78 is 5.31. The molecule has 0 aromatic carbocycles. The lowest BCUT2D eigenvalue weighted by Crippen LogP contribution is -2.49. The average Bonchev–Trinajstić information content (AvgIpc) is 3.02. The summed E-state index contributed by atoms with van der Waals surface area (Å²) in [6, 6.07) is 0.0559. The van der Waals surface area contributed by atoms with Gasteiger partial charge in [0.15, 0.2) is 0 Å². The molecule has 0 spiro atoms. The summed E-state index contributed by atoms with van der Waals surface area (Å²) in [7, 11) is 0. The Kier molecular flexibility index (Phi) is 4.22. The maximum atomic E-state index is 12.2. The van der Waals surface area contributed by atoms with Crippen LogP contribution in [0.2, 0.25) is 0 Å². The molecule has 1 aliphatic heterocycles. The molecule has 0 aromatic heterocycles. The second-order valence-corrected chi connectivity index (χ2v) is 5.07. The highest BCUT2D eigenvalue weighted by atomic mass is 16.5. The molecule has 1 saturated carbocycles. The zero-order chi connectivity index (χ0) is 13.1. The number of nitrogens with zero attached hydrogens (tertiary/aromatic N) is 1. The van der Waals surface area contributed by atoms with Crippen LogP contribution in [-0.2, 0) is 14.3 Å². The monoisotopic (exact) mass is 254 g/mol. The van der Waals surface area contributed by atoms with E-state index in [1.54, 1.807) is 11.8 Å². The first-order valence-corrected chi connectivity index (χ1v) is 6.86. The van der Waals surface area contributed by atoms with Crippen molar-refractivity contribution in [2.75, 3.05) is 13.2 Å². The van der Waals surface area contributed by atoms with Crippen LogP contribution in [0.1, 0.15) is 39.5 Å². The lowest BCUT2D eigenvalue weighted by molar-refractivity contribution is -0.147. The van der Waals surface area contributed by atoms with E-state index in [4.69, 9.17) is 4.74 Å². The van der Waals surface area contributed by atoms with Gasteiger partial charge in [0, 0.05) is 19.2 Å². The lowest BCUT2D eigenvalue weighted by atomic mass is 10.2. The van der Waals surface area contributed by atoms with Gasteiger partial charge >= 0.3 is 0 Å². The van der Waals surface area contributed by atoms with Crippen LogP contribution in [0.25, 0.3) is 0 Å². The fraction of sp³-hybridized carbons (Fsp3) is 0.846. The topological polar surface area (TPSA) is 58.6 Å². The standard InChI is InChI=1S/C13H22N2O3/c1-3-18-9(2)13(17)15-8-4-5-11(15)12(16)14-10-6-7-10/h9-11H,3-8H2,1-2H3,(H,14,16)/t9-,11?/m1/s1. The number of carbonyl (C=O) groups excluding carboxylic acids is 2. The number of hydrogen-bond acceptors (Lipinski definition) is 3. The molecule has 2 atom stereocenters. The molecule has 18 heavy (non-hydrogen) atoms. The van der Waals surface area contributed by atoms with Gasteiger partial charge < -0.3 is 15.0 Å². The Balaban J connectivity index is 1.93. The van der Waals surface area contributed by atoms with Crippen LogP contribution >= 0.6 is 0 Å². The largest absolute Gasteiger partial charge is 0.369 e. The van der Waals surface area contributed by atoms with Crippen molar-refractivity contribution in [1.29, 1.82) is 0 Å². The molecule has 2 aliphatic rings. The average molecular weight is 254 g/mol. The predicted octanol–water partition coefficient (Wildman–Crippen LogP) is 0.681. The van der Waals surface area contributed by atoms with Crippen LogP contribution in [0, 0.1) is 0 Å². The molecule has 1 aliphatic carbocycles. The third kappa shape index (κ3) is 3.02. The number of rotatable bonds is 5. The van der Waals surface area contributed by atoms with Crippen LogP contribution in [0.3, 0.4) is 0 Å². The number of hydrogen-bond donors (Lipinski definition) is 1. The van der Waals surface area contributed by atoms with Crippen molar-refractivity contribution in [1.82, 2.24) is 10.2 Å². The molecule has 1 heterocycles. The van der Waals surface area contributed by atoms with Gasteiger partial charge in [-0.1, -0.05) is 0 Å². The van der Waals surface area contributed by atoms with Gasteiger partial charge in [-0.15, -0.1) is 0 Å². The number of amides is 2. The van der Waals surface area contributed by atoms with Crippen LogP contribution in [-0.4, -0.2) is 48.1 Å². The molecule has 102 valence electrons. The molecule has 2 amide bonds. The SMILES string of the molecule is CCO[C@H](C)C(=O)N1CCCC1C(=O)NC1CC1. The maximum Gasteiger partial charge on any atom is 0.252 e. The van der Waals surface area contributed by atoms with Crippen molar-refractivity contribution >= 4 is 11.8 Å². The van der Waals surface area contributed by atoms with Crippen molar-refractivity contribution in [3.63, 3.8) is 0 Å². The highest BCUT2D eigenvalue weighted by Gasteiger charge is 2.37. The zero-order valence-electron chi connectivity index (χ0n) is 11.1. The van der Waals surface area contributed by atoms with E-state index in [-0.39, 0.29) is 17.9 Å². The predicted molar refractivity (Wildman–Crippen MR) is 67.0 cm³/mol. The van der Waals surface area contributed by atoms with E-state index in [0.717, 1.165) is 25.7 Å². The Hall–Kier alpha value is -1.10. The summed E-state index contributed by atoms with van der Waals surface area (Å²) >= 11 is 0. The smallest absolute Gasteiger partial charge is 0.252 e. The second kappa shape index (κ2) is 5.69. The molecule has 1 saturated heterocycles. The molecule has 0 aromatic rings. The Morgan fingerprint density at radius 1 is 1.39 bits per heavy atom. The molecule has 5 heteroatoms. The molecule has 0 bridgehead atoms. The van der Waals surface area contributed by atoms with Gasteiger partial charge in [-0.05, 0) is 39.5 Å². The van der Waals surface area contributed by atoms with E-state index in [2.05, 4.69) is 5.32 Å². The molecule has 2 rings (SSSR count). The molecular formula is C13H22N2O3. The molecule has 1 unspecified atom stereocenters. The number of likely N-dealkylation sites (tertiary alicyclic amines) is 1. The van der Waals surface area contributed by atoms with Gasteiger partial charge in [0.05, 0.1) is 0 Å². The van der Waals surface area contributed by atoms with Crippen LogP contribution in [0.4, 0.5) is 0 Å². The minimum absolute atomic E-state index is 0.00653. The normalized spacial score (nSPS) is 25.0. The van der Waals surface area contributed by atoms with E-state index in [9.17, 15) is 9.59 Å². The van der Waals surface area contributed by atoms with Gasteiger partial charge in [0.1, 0.15) is 12.1 Å². The number of ether oxygens (including phenoxy) is 1. The van der Waals surface area contributed by atoms with Gasteiger partial charge in [0.2, 0.25) is 5.91 Å². The molecule has 1 N–H and O–H groups in total. The summed E-state index contributed by atoms with van der Waals surface area (Å²) in [6.45, 7) is 4.80. The summed E-state index contributed by atoms with van der Waals surface area (Å²) in [6.07, 6.45) is 3.35. The summed E-state index contributed by atoms with van der Waals surface area (Å²) in [5.41, 5.74) is 0. The van der Waals surface area contributed by atoms with E-state index in [1.807, 2.05) is 6.92 Å². The van der Waals surface area contributed by atoms with Crippen molar-refractivity contribution in [2.24, 2.45) is 0 Å². The van der Waals surface area contributed by atoms with Gasteiger partial charge in [-0.25, -0.2) is 0 Å². The van der Waals surface area contributed by atoms with Crippen molar-refractivity contribution < 1.29 is 14.3 Å². The maximum absolute atomic E-state index is 12.2. The molecule has 2 fully saturated rings. The van der Waals surface area contributed by atoms with E-state index < -0.39 is 6.10 Å². The highest BCUT2D eigenvalue weighted by Crippen LogP contribution is 2.23. The Labute approximate surface area is 108 Å². The summed E-state index contributed by atoms with van der Waals surface area (Å²) in [4.78, 5) is 25.9. The first-order chi connectivity index (χ1) is 8.63. The lowest BCUT2D eigenvalue weighted by Gasteiger charge is -2.26.